The Balaban J connectivity index is 1.74. The third-order valence-corrected chi connectivity index (χ3v) is 4.49. The first-order valence-electron chi connectivity index (χ1n) is 8.95. The van der Waals surface area contributed by atoms with Crippen LogP contribution in [0.15, 0.2) is 47.4 Å². The molecule has 3 rings (SSSR count). The molecule has 0 aliphatic rings. The largest absolute Gasteiger partial charge is 0.497 e. The molecule has 29 heavy (non-hydrogen) atoms. The predicted octanol–water partition coefficient (Wildman–Crippen LogP) is 2.36. The summed E-state index contributed by atoms with van der Waals surface area (Å²) in [5.41, 5.74) is 6.76. The Morgan fingerprint density at radius 3 is 2.55 bits per heavy atom. The molecule has 0 saturated carbocycles. The van der Waals surface area contributed by atoms with Gasteiger partial charge in [-0.3, -0.25) is 20.4 Å². The number of benzene rings is 1. The molecule has 0 spiro atoms. The molecule has 0 unspecified atom stereocenters. The maximum atomic E-state index is 12.7. The molecule has 0 saturated heterocycles. The number of aryl methyl sites for hydroxylation is 2. The molecule has 0 bridgehead atoms. The summed E-state index contributed by atoms with van der Waals surface area (Å²) in [6.45, 7) is 4.34. The van der Waals surface area contributed by atoms with Gasteiger partial charge in [-0.1, -0.05) is 0 Å². The highest BCUT2D eigenvalue weighted by Gasteiger charge is 2.16. The number of methoxy groups -OCH3 is 1. The Morgan fingerprint density at radius 2 is 1.90 bits per heavy atom. The van der Waals surface area contributed by atoms with Crippen molar-refractivity contribution in [1.29, 1.82) is 0 Å². The quantitative estimate of drug-likeness (QED) is 0.448. The van der Waals surface area contributed by atoms with Gasteiger partial charge in [0.05, 0.1) is 12.5 Å². The van der Waals surface area contributed by atoms with Crippen molar-refractivity contribution >= 4 is 40.0 Å². The van der Waals surface area contributed by atoms with Gasteiger partial charge in [-0.05, 0) is 62.5 Å². The molecule has 2 heterocycles. The van der Waals surface area contributed by atoms with E-state index in [9.17, 15) is 9.59 Å². The Morgan fingerprint density at radius 1 is 1.17 bits per heavy atom. The van der Waals surface area contributed by atoms with Crippen molar-refractivity contribution in [1.82, 2.24) is 20.4 Å². The van der Waals surface area contributed by atoms with Crippen LogP contribution in [0, 0.1) is 6.92 Å². The number of aromatic nitrogens is 2. The number of hydrogen-bond acceptors (Lipinski definition) is 5. The number of thiocarbonyl (C=S) groups is 1. The van der Waals surface area contributed by atoms with E-state index in [4.69, 9.17) is 17.0 Å². The number of pyridine rings is 2. The molecule has 0 radical (unpaired) electrons. The SMILES string of the molecule is CCn1cc(C(=O)NNC(=S)Nc2ccc(OC)cc2)c(=O)c2ccc(C)nc21. The van der Waals surface area contributed by atoms with Gasteiger partial charge in [0.2, 0.25) is 5.43 Å². The number of carbonyl (C=O) groups excluding carboxylic acids is 1. The van der Waals surface area contributed by atoms with Crippen LogP contribution in [0.1, 0.15) is 23.0 Å². The van der Waals surface area contributed by atoms with E-state index in [1.807, 2.05) is 13.8 Å². The summed E-state index contributed by atoms with van der Waals surface area (Å²) >= 11 is 5.18. The molecule has 2 aromatic heterocycles. The molecular weight excluding hydrogens is 390 g/mol. The Bertz CT molecular complexity index is 1130. The minimum Gasteiger partial charge on any atom is -0.497 e. The average Bonchev–Trinajstić information content (AvgIpc) is 2.73. The third kappa shape index (κ3) is 4.52. The van der Waals surface area contributed by atoms with E-state index in [-0.39, 0.29) is 16.1 Å². The number of nitrogens with one attached hydrogen (secondary N) is 3. The molecule has 1 aromatic carbocycles. The van der Waals surface area contributed by atoms with E-state index in [1.165, 1.54) is 6.20 Å². The van der Waals surface area contributed by atoms with E-state index in [2.05, 4.69) is 21.2 Å². The zero-order chi connectivity index (χ0) is 21.0. The average molecular weight is 411 g/mol. The number of rotatable bonds is 4. The molecule has 9 heteroatoms. The standard InChI is InChI=1S/C20H21N5O3S/c1-4-25-11-16(17(26)15-10-5-12(2)21-18(15)25)19(27)23-24-20(29)22-13-6-8-14(28-3)9-7-13/h5-11H,4H2,1-3H3,(H,23,27)(H2,22,24,29). The van der Waals surface area contributed by atoms with E-state index in [1.54, 1.807) is 48.1 Å². The van der Waals surface area contributed by atoms with Crippen molar-refractivity contribution in [3.63, 3.8) is 0 Å². The van der Waals surface area contributed by atoms with Gasteiger partial charge < -0.3 is 14.6 Å². The van der Waals surface area contributed by atoms with Gasteiger partial charge in [-0.25, -0.2) is 4.98 Å². The number of nitrogens with zero attached hydrogens (tertiary/aromatic N) is 2. The second-order valence-electron chi connectivity index (χ2n) is 6.24. The molecule has 3 aromatic rings. The number of fused-ring (bicyclic) bond motifs is 1. The first kappa shape index (κ1) is 20.3. The Hall–Kier alpha value is -3.46. The molecule has 150 valence electrons. The van der Waals surface area contributed by atoms with Gasteiger partial charge in [0.1, 0.15) is 17.0 Å². The molecular formula is C20H21N5O3S. The zero-order valence-electron chi connectivity index (χ0n) is 16.3. The first-order chi connectivity index (χ1) is 13.9. The Kier molecular flexibility index (Phi) is 6.08. The number of carbonyl (C=O) groups is 1. The van der Waals surface area contributed by atoms with Gasteiger partial charge in [-0.2, -0.15) is 0 Å². The summed E-state index contributed by atoms with van der Waals surface area (Å²) < 4.78 is 6.87. The minimum atomic E-state index is -0.585. The number of hydrazine groups is 1. The maximum Gasteiger partial charge on any atom is 0.275 e. The fraction of sp³-hybridized carbons (Fsp3) is 0.200. The molecule has 8 nitrogen and oxygen atoms in total. The van der Waals surface area contributed by atoms with Crippen molar-refractivity contribution < 1.29 is 9.53 Å². The highest BCUT2D eigenvalue weighted by molar-refractivity contribution is 7.80. The molecule has 0 aliphatic heterocycles. The number of anilines is 1. The van der Waals surface area contributed by atoms with Crippen LogP contribution in [0.2, 0.25) is 0 Å². The van der Waals surface area contributed by atoms with Gasteiger partial charge in [0.25, 0.3) is 5.91 Å². The number of amides is 1. The summed E-state index contributed by atoms with van der Waals surface area (Å²) in [4.78, 5) is 29.7. The summed E-state index contributed by atoms with van der Waals surface area (Å²) in [6, 6.07) is 10.6. The lowest BCUT2D eigenvalue weighted by Crippen LogP contribution is -2.45. The fourth-order valence-corrected chi connectivity index (χ4v) is 2.95. The van der Waals surface area contributed by atoms with Gasteiger partial charge in [-0.15, -0.1) is 0 Å². The monoisotopic (exact) mass is 411 g/mol. The van der Waals surface area contributed by atoms with Crippen LogP contribution in [-0.2, 0) is 6.54 Å². The third-order valence-electron chi connectivity index (χ3n) is 4.28. The van der Waals surface area contributed by atoms with Crippen LogP contribution >= 0.6 is 12.2 Å². The highest BCUT2D eigenvalue weighted by atomic mass is 32.1. The first-order valence-corrected chi connectivity index (χ1v) is 9.36. The molecule has 1 amide bonds. The summed E-state index contributed by atoms with van der Waals surface area (Å²) in [6.07, 6.45) is 1.51. The molecule has 3 N–H and O–H groups in total. The van der Waals surface area contributed by atoms with E-state index < -0.39 is 5.91 Å². The molecule has 0 fully saturated rings. The second-order valence-corrected chi connectivity index (χ2v) is 6.65. The highest BCUT2D eigenvalue weighted by Crippen LogP contribution is 2.15. The number of hydrogen-bond donors (Lipinski definition) is 3. The van der Waals surface area contributed by atoms with Crippen molar-refractivity contribution in [2.45, 2.75) is 20.4 Å². The van der Waals surface area contributed by atoms with Crippen LogP contribution in [0.5, 0.6) is 5.75 Å². The lowest BCUT2D eigenvalue weighted by molar-refractivity contribution is 0.0942. The lowest BCUT2D eigenvalue weighted by Gasteiger charge is -2.14. The normalized spacial score (nSPS) is 10.4. The van der Waals surface area contributed by atoms with Gasteiger partial charge in [0, 0.05) is 24.1 Å². The van der Waals surface area contributed by atoms with Crippen molar-refractivity contribution in [3.8, 4) is 5.75 Å². The van der Waals surface area contributed by atoms with Gasteiger partial charge >= 0.3 is 0 Å². The van der Waals surface area contributed by atoms with Crippen molar-refractivity contribution in [2.75, 3.05) is 12.4 Å². The fourth-order valence-electron chi connectivity index (χ4n) is 2.78. The van der Waals surface area contributed by atoms with Crippen LogP contribution in [0.3, 0.4) is 0 Å². The zero-order valence-corrected chi connectivity index (χ0v) is 17.1. The summed E-state index contributed by atoms with van der Waals surface area (Å²) in [5, 5.41) is 3.50. The lowest BCUT2D eigenvalue weighted by atomic mass is 10.1. The van der Waals surface area contributed by atoms with Crippen LogP contribution < -0.4 is 26.3 Å². The smallest absolute Gasteiger partial charge is 0.275 e. The van der Waals surface area contributed by atoms with Crippen molar-refractivity contribution in [2.24, 2.45) is 0 Å². The maximum absolute atomic E-state index is 12.7. The van der Waals surface area contributed by atoms with E-state index >= 15 is 0 Å². The van der Waals surface area contributed by atoms with E-state index in [0.717, 1.165) is 17.1 Å². The summed E-state index contributed by atoms with van der Waals surface area (Å²) in [7, 11) is 1.58. The summed E-state index contributed by atoms with van der Waals surface area (Å²) in [5.74, 6) is 0.134. The van der Waals surface area contributed by atoms with E-state index in [0.29, 0.717) is 17.6 Å². The van der Waals surface area contributed by atoms with Gasteiger partial charge in [0.15, 0.2) is 5.11 Å². The minimum absolute atomic E-state index is 0.00440. The van der Waals surface area contributed by atoms with Crippen LogP contribution in [0.25, 0.3) is 11.0 Å². The topological polar surface area (TPSA) is 97.3 Å². The number of ether oxygens (including phenoxy) is 1. The molecule has 0 aliphatic carbocycles. The van der Waals surface area contributed by atoms with Crippen molar-refractivity contribution in [3.05, 3.63) is 64.1 Å². The van der Waals surface area contributed by atoms with Crippen LogP contribution in [-0.4, -0.2) is 27.7 Å². The van der Waals surface area contributed by atoms with Crippen LogP contribution in [0.4, 0.5) is 5.69 Å². The predicted molar refractivity (Wildman–Crippen MR) is 116 cm³/mol. The second kappa shape index (κ2) is 8.70. The Labute approximate surface area is 172 Å². The molecule has 0 atom stereocenters.